The molecule has 1 aromatic heterocycles. The molecule has 0 atom stereocenters. The fourth-order valence-electron chi connectivity index (χ4n) is 2.37. The first-order valence-corrected chi connectivity index (χ1v) is 7.97. The fourth-order valence-corrected chi connectivity index (χ4v) is 2.37. The number of rotatable bonds is 3. The van der Waals surface area contributed by atoms with Crippen LogP contribution in [-0.2, 0) is 5.41 Å². The lowest BCUT2D eigenvalue weighted by Gasteiger charge is -2.19. The molecule has 0 unspecified atom stereocenters. The second kappa shape index (κ2) is 6.39. The molecule has 3 aromatic rings. The highest BCUT2D eigenvalue weighted by atomic mass is 16.5. The number of hydrogen-bond acceptors (Lipinski definition) is 6. The Labute approximate surface area is 146 Å². The van der Waals surface area contributed by atoms with Gasteiger partial charge in [0.1, 0.15) is 11.5 Å². The summed E-state index contributed by atoms with van der Waals surface area (Å²) in [7, 11) is 0. The summed E-state index contributed by atoms with van der Waals surface area (Å²) in [5.41, 5.74) is 13.4. The van der Waals surface area contributed by atoms with Gasteiger partial charge in [-0.2, -0.15) is 15.0 Å². The van der Waals surface area contributed by atoms with E-state index in [9.17, 15) is 0 Å². The number of benzene rings is 2. The molecule has 0 bridgehead atoms. The van der Waals surface area contributed by atoms with Gasteiger partial charge in [-0.1, -0.05) is 32.9 Å². The van der Waals surface area contributed by atoms with E-state index in [1.54, 1.807) is 0 Å². The number of nitrogens with zero attached hydrogens (tertiary/aromatic N) is 3. The third kappa shape index (κ3) is 4.03. The van der Waals surface area contributed by atoms with Gasteiger partial charge in [0.15, 0.2) is 5.82 Å². The Morgan fingerprint density at radius 3 is 1.68 bits per heavy atom. The van der Waals surface area contributed by atoms with Gasteiger partial charge in [-0.3, -0.25) is 0 Å². The Bertz CT molecular complexity index is 848. The smallest absolute Gasteiger partial charge is 0.225 e. The van der Waals surface area contributed by atoms with Crippen molar-refractivity contribution in [3.8, 4) is 22.9 Å². The lowest BCUT2D eigenvalue weighted by molar-refractivity contribution is 0.481. The summed E-state index contributed by atoms with van der Waals surface area (Å²) in [6.45, 7) is 6.55. The Morgan fingerprint density at radius 2 is 1.20 bits per heavy atom. The monoisotopic (exact) mass is 335 g/mol. The zero-order chi connectivity index (χ0) is 18.0. The van der Waals surface area contributed by atoms with Crippen molar-refractivity contribution in [3.05, 3.63) is 54.1 Å². The molecule has 0 saturated heterocycles. The minimum Gasteiger partial charge on any atom is -0.457 e. The van der Waals surface area contributed by atoms with E-state index in [1.165, 1.54) is 5.56 Å². The summed E-state index contributed by atoms with van der Waals surface area (Å²) in [6, 6.07) is 15.5. The maximum atomic E-state index is 5.88. The molecule has 0 aliphatic rings. The lowest BCUT2D eigenvalue weighted by Crippen LogP contribution is -2.10. The highest BCUT2D eigenvalue weighted by Gasteiger charge is 2.13. The molecule has 128 valence electrons. The minimum atomic E-state index is 0.0989. The van der Waals surface area contributed by atoms with Crippen LogP contribution in [0.5, 0.6) is 11.5 Å². The first-order valence-electron chi connectivity index (χ1n) is 7.97. The summed E-state index contributed by atoms with van der Waals surface area (Å²) in [5, 5.41) is 0. The normalized spacial score (nSPS) is 11.3. The largest absolute Gasteiger partial charge is 0.457 e. The molecule has 0 spiro atoms. The molecule has 0 aliphatic heterocycles. The van der Waals surface area contributed by atoms with Crippen LogP contribution in [0.4, 0.5) is 11.9 Å². The average Bonchev–Trinajstić information content (AvgIpc) is 2.54. The second-order valence-corrected chi connectivity index (χ2v) is 6.78. The molecule has 6 nitrogen and oxygen atoms in total. The number of nitrogens with two attached hydrogens (primary N) is 2. The van der Waals surface area contributed by atoms with E-state index in [0.717, 1.165) is 17.1 Å². The van der Waals surface area contributed by atoms with E-state index in [4.69, 9.17) is 16.2 Å². The van der Waals surface area contributed by atoms with Crippen LogP contribution in [0.25, 0.3) is 11.4 Å². The van der Waals surface area contributed by atoms with E-state index in [1.807, 2.05) is 36.4 Å². The van der Waals surface area contributed by atoms with Gasteiger partial charge in [-0.25, -0.2) is 0 Å². The van der Waals surface area contributed by atoms with Gasteiger partial charge in [0.25, 0.3) is 0 Å². The highest BCUT2D eigenvalue weighted by Crippen LogP contribution is 2.28. The van der Waals surface area contributed by atoms with Crippen LogP contribution in [0.3, 0.4) is 0 Å². The number of hydrogen-bond donors (Lipinski definition) is 2. The van der Waals surface area contributed by atoms with Gasteiger partial charge in [-0.05, 0) is 47.4 Å². The van der Waals surface area contributed by atoms with E-state index in [-0.39, 0.29) is 17.3 Å². The van der Waals surface area contributed by atoms with Gasteiger partial charge < -0.3 is 16.2 Å². The molecule has 1 heterocycles. The van der Waals surface area contributed by atoms with Crippen molar-refractivity contribution in [2.24, 2.45) is 0 Å². The molecule has 2 aromatic carbocycles. The molecule has 0 fully saturated rings. The first-order chi connectivity index (χ1) is 11.8. The topological polar surface area (TPSA) is 99.9 Å². The Morgan fingerprint density at radius 1 is 0.720 bits per heavy atom. The van der Waals surface area contributed by atoms with E-state index in [2.05, 4.69) is 47.9 Å². The summed E-state index contributed by atoms with van der Waals surface area (Å²) >= 11 is 0. The van der Waals surface area contributed by atoms with E-state index in [0.29, 0.717) is 5.82 Å². The Balaban J connectivity index is 1.76. The molecule has 25 heavy (non-hydrogen) atoms. The van der Waals surface area contributed by atoms with Gasteiger partial charge >= 0.3 is 0 Å². The third-order valence-electron chi connectivity index (χ3n) is 3.74. The van der Waals surface area contributed by atoms with Crippen LogP contribution in [-0.4, -0.2) is 15.0 Å². The molecular weight excluding hydrogens is 314 g/mol. The van der Waals surface area contributed by atoms with Crippen molar-refractivity contribution in [1.29, 1.82) is 0 Å². The van der Waals surface area contributed by atoms with Crippen LogP contribution in [0.15, 0.2) is 48.5 Å². The first kappa shape index (κ1) is 16.7. The second-order valence-electron chi connectivity index (χ2n) is 6.78. The predicted octanol–water partition coefficient (Wildman–Crippen LogP) is 3.79. The van der Waals surface area contributed by atoms with Crippen LogP contribution >= 0.6 is 0 Å². The summed E-state index contributed by atoms with van der Waals surface area (Å²) in [6.07, 6.45) is 0. The number of aromatic nitrogens is 3. The van der Waals surface area contributed by atoms with Crippen LogP contribution in [0.1, 0.15) is 26.3 Å². The Kier molecular flexibility index (Phi) is 4.27. The lowest BCUT2D eigenvalue weighted by atomic mass is 9.87. The molecule has 0 saturated carbocycles. The highest BCUT2D eigenvalue weighted by molar-refractivity contribution is 5.58. The maximum absolute atomic E-state index is 5.88. The average molecular weight is 335 g/mol. The van der Waals surface area contributed by atoms with E-state index >= 15 is 0 Å². The summed E-state index contributed by atoms with van der Waals surface area (Å²) < 4.78 is 5.88. The summed E-state index contributed by atoms with van der Waals surface area (Å²) in [5.74, 6) is 2.14. The molecular formula is C19H21N5O. The quantitative estimate of drug-likeness (QED) is 0.755. The van der Waals surface area contributed by atoms with Gasteiger partial charge in [0.2, 0.25) is 11.9 Å². The minimum absolute atomic E-state index is 0.0989. The zero-order valence-corrected chi connectivity index (χ0v) is 14.5. The van der Waals surface area contributed by atoms with Crippen molar-refractivity contribution in [2.75, 3.05) is 11.5 Å². The molecule has 0 aliphatic carbocycles. The van der Waals surface area contributed by atoms with Gasteiger partial charge in [0.05, 0.1) is 0 Å². The number of anilines is 2. The number of ether oxygens (including phenoxy) is 1. The molecule has 4 N–H and O–H groups in total. The fraction of sp³-hybridized carbons (Fsp3) is 0.211. The summed E-state index contributed by atoms with van der Waals surface area (Å²) in [4.78, 5) is 11.9. The zero-order valence-electron chi connectivity index (χ0n) is 14.5. The Hall–Kier alpha value is -3.15. The van der Waals surface area contributed by atoms with Crippen molar-refractivity contribution < 1.29 is 4.74 Å². The molecule has 6 heteroatoms. The maximum Gasteiger partial charge on any atom is 0.225 e. The van der Waals surface area contributed by atoms with Gasteiger partial charge in [-0.15, -0.1) is 0 Å². The van der Waals surface area contributed by atoms with Crippen molar-refractivity contribution in [2.45, 2.75) is 26.2 Å². The van der Waals surface area contributed by atoms with Crippen molar-refractivity contribution in [3.63, 3.8) is 0 Å². The van der Waals surface area contributed by atoms with Crippen LogP contribution < -0.4 is 16.2 Å². The SMILES string of the molecule is CC(C)(C)c1ccc(Oc2ccc(-c3nc(N)nc(N)n3)cc2)cc1. The standard InChI is InChI=1S/C19H21N5O/c1-19(2,3)13-6-10-15(11-7-13)25-14-8-4-12(5-9-14)16-22-17(20)24-18(21)23-16/h4-11H,1-3H3,(H4,20,21,22,23,24). The number of nitrogen functional groups attached to an aromatic ring is 2. The molecule has 0 radical (unpaired) electrons. The van der Waals surface area contributed by atoms with Gasteiger partial charge in [0, 0.05) is 5.56 Å². The third-order valence-corrected chi connectivity index (χ3v) is 3.74. The van der Waals surface area contributed by atoms with Crippen molar-refractivity contribution in [1.82, 2.24) is 15.0 Å². The predicted molar refractivity (Wildman–Crippen MR) is 99.3 cm³/mol. The van der Waals surface area contributed by atoms with E-state index < -0.39 is 0 Å². The van der Waals surface area contributed by atoms with Crippen LogP contribution in [0.2, 0.25) is 0 Å². The molecule has 3 rings (SSSR count). The van der Waals surface area contributed by atoms with Crippen LogP contribution in [0, 0.1) is 0 Å². The molecule has 0 amide bonds. The van der Waals surface area contributed by atoms with Crippen molar-refractivity contribution >= 4 is 11.9 Å².